The minimum atomic E-state index is -0.500. The predicted octanol–water partition coefficient (Wildman–Crippen LogP) is 7.10. The van der Waals surface area contributed by atoms with Crippen LogP contribution in [0.2, 0.25) is 5.02 Å². The molecule has 0 bridgehead atoms. The van der Waals surface area contributed by atoms with Crippen LogP contribution in [0.25, 0.3) is 31.9 Å². The molecule has 0 radical (unpaired) electrons. The zero-order valence-electron chi connectivity index (χ0n) is 22.1. The van der Waals surface area contributed by atoms with Gasteiger partial charge in [0.15, 0.2) is 0 Å². The van der Waals surface area contributed by atoms with E-state index >= 15 is 0 Å². The lowest BCUT2D eigenvalue weighted by Crippen LogP contribution is -2.10. The van der Waals surface area contributed by atoms with Gasteiger partial charge >= 0.3 is 5.97 Å². The largest absolute Gasteiger partial charge is 0.466 e. The number of rotatable bonds is 6. The normalized spacial score (nSPS) is 11.1. The number of nitrogens with two attached hydrogens (primary N) is 1. The summed E-state index contributed by atoms with van der Waals surface area (Å²) in [5.74, 6) is -0.245. The second kappa shape index (κ2) is 11.9. The molecule has 0 amide bonds. The van der Waals surface area contributed by atoms with Crippen molar-refractivity contribution in [3.05, 3.63) is 64.7 Å². The quantitative estimate of drug-likeness (QED) is 0.178. The smallest absolute Gasteiger partial charge is 0.310 e. The Labute approximate surface area is 227 Å². The summed E-state index contributed by atoms with van der Waals surface area (Å²) >= 11 is 7.73. The lowest BCUT2D eigenvalue weighted by atomic mass is 9.93. The van der Waals surface area contributed by atoms with Crippen molar-refractivity contribution in [1.82, 2.24) is 4.98 Å². The number of halogens is 1. The number of anilines is 2. The second-order valence-electron chi connectivity index (χ2n) is 9.63. The number of nitrogens with one attached hydrogen (secondary N) is 1. The summed E-state index contributed by atoms with van der Waals surface area (Å²) in [6.07, 6.45) is 0.199. The van der Waals surface area contributed by atoms with Crippen molar-refractivity contribution >= 4 is 50.5 Å². The number of nitrogen functional groups attached to an aromatic ring is 1. The van der Waals surface area contributed by atoms with Crippen LogP contribution in [0.15, 0.2) is 48.5 Å². The number of aryl methyl sites for hydroxylation is 1. The number of hydrogen-bond acceptors (Lipinski definition) is 7. The molecule has 4 rings (SSSR count). The van der Waals surface area contributed by atoms with E-state index in [-0.39, 0.29) is 12.4 Å². The zero-order chi connectivity index (χ0) is 27.3. The van der Waals surface area contributed by atoms with Crippen LogP contribution in [0.1, 0.15) is 38.8 Å². The highest BCUT2D eigenvalue weighted by Gasteiger charge is 2.20. The van der Waals surface area contributed by atoms with Crippen LogP contribution in [0, 0.1) is 6.92 Å². The van der Waals surface area contributed by atoms with Crippen molar-refractivity contribution in [1.29, 1.82) is 0 Å². The first-order valence-electron chi connectivity index (χ1n) is 12.1. The Bertz CT molecular complexity index is 1390. The summed E-state index contributed by atoms with van der Waals surface area (Å²) in [6.45, 7) is 9.40. The van der Waals surface area contributed by atoms with Gasteiger partial charge in [-0.15, -0.1) is 11.3 Å². The highest BCUT2D eigenvalue weighted by molar-refractivity contribution is 7.22. The van der Waals surface area contributed by atoms with Gasteiger partial charge in [-0.1, -0.05) is 23.7 Å². The third kappa shape index (κ3) is 7.44. The van der Waals surface area contributed by atoms with Gasteiger partial charge in [0.1, 0.15) is 5.01 Å². The van der Waals surface area contributed by atoms with E-state index in [2.05, 4.69) is 5.32 Å². The number of esters is 1. The number of hydrogen-bond donors (Lipinski definition) is 3. The molecule has 0 aliphatic heterocycles. The van der Waals surface area contributed by atoms with Gasteiger partial charge in [0.05, 0.1) is 40.2 Å². The van der Waals surface area contributed by atoms with E-state index < -0.39 is 5.60 Å². The van der Waals surface area contributed by atoms with Crippen molar-refractivity contribution in [2.24, 2.45) is 0 Å². The van der Waals surface area contributed by atoms with E-state index in [1.165, 1.54) is 0 Å². The van der Waals surface area contributed by atoms with Crippen LogP contribution in [-0.2, 0) is 16.0 Å². The number of aliphatic hydroxyl groups is 1. The fourth-order valence-electron chi connectivity index (χ4n) is 3.79. The Balaban J connectivity index is 0.000000695. The molecule has 0 saturated carbocycles. The maximum atomic E-state index is 12.4. The van der Waals surface area contributed by atoms with Crippen LogP contribution >= 0.6 is 22.9 Å². The molecule has 6 nitrogen and oxygen atoms in total. The summed E-state index contributed by atoms with van der Waals surface area (Å²) < 4.78 is 6.26. The third-order valence-corrected chi connectivity index (χ3v) is 6.73. The van der Waals surface area contributed by atoms with E-state index in [4.69, 9.17) is 32.2 Å². The molecule has 1 aromatic heterocycles. The van der Waals surface area contributed by atoms with Crippen LogP contribution in [0.3, 0.4) is 0 Å². The summed E-state index contributed by atoms with van der Waals surface area (Å²) in [7, 11) is 1.84. The van der Waals surface area contributed by atoms with E-state index in [0.29, 0.717) is 17.3 Å². The van der Waals surface area contributed by atoms with Crippen LogP contribution in [0.5, 0.6) is 0 Å². The maximum Gasteiger partial charge on any atom is 0.310 e. The molecule has 196 valence electrons. The minimum Gasteiger partial charge on any atom is -0.466 e. The Morgan fingerprint density at radius 3 is 2.32 bits per heavy atom. The van der Waals surface area contributed by atoms with Crippen molar-refractivity contribution in [3.8, 4) is 21.7 Å². The van der Waals surface area contributed by atoms with Crippen molar-refractivity contribution in [3.63, 3.8) is 0 Å². The highest BCUT2D eigenvalue weighted by Crippen LogP contribution is 2.41. The number of benzene rings is 3. The minimum absolute atomic E-state index is 0.199. The molecule has 1 heterocycles. The highest BCUT2D eigenvalue weighted by atomic mass is 35.5. The maximum absolute atomic E-state index is 12.4. The molecule has 0 aliphatic rings. The summed E-state index contributed by atoms with van der Waals surface area (Å²) in [5, 5.41) is 13.1. The first-order chi connectivity index (χ1) is 17.4. The molecular weight excluding hydrogens is 506 g/mol. The lowest BCUT2D eigenvalue weighted by Gasteiger charge is -2.14. The van der Waals surface area contributed by atoms with Crippen LogP contribution in [0.4, 0.5) is 11.4 Å². The number of carbonyl (C=O) groups excluding carboxylic acids is 1. The molecule has 0 atom stereocenters. The Morgan fingerprint density at radius 2 is 1.76 bits per heavy atom. The number of fused-ring (bicyclic) bond motifs is 1. The average molecular weight is 540 g/mol. The molecule has 8 heteroatoms. The Morgan fingerprint density at radius 1 is 1.14 bits per heavy atom. The lowest BCUT2D eigenvalue weighted by molar-refractivity contribution is -0.142. The van der Waals surface area contributed by atoms with Gasteiger partial charge in [0.25, 0.3) is 0 Å². The SMILES string of the molecule is CC(C)(C)O.CCOC(=O)Cc1c(C)cc2nc(-c3ccc(NC)c(N)c3)sc2c1-c1ccc(Cl)cc1. The fraction of sp³-hybridized carbons (Fsp3) is 0.310. The first-order valence-corrected chi connectivity index (χ1v) is 13.2. The van der Waals surface area contributed by atoms with E-state index in [0.717, 1.165) is 48.7 Å². The number of nitrogens with zero attached hydrogens (tertiary/aromatic N) is 1. The van der Waals surface area contributed by atoms with Crippen molar-refractivity contribution in [2.75, 3.05) is 24.7 Å². The molecule has 3 aromatic carbocycles. The number of ether oxygens (including phenoxy) is 1. The molecule has 0 spiro atoms. The van der Waals surface area contributed by atoms with Gasteiger partial charge in [-0.05, 0) is 87.7 Å². The van der Waals surface area contributed by atoms with Crippen LogP contribution in [-0.4, -0.2) is 35.3 Å². The number of aromatic nitrogens is 1. The molecule has 0 saturated heterocycles. The average Bonchev–Trinajstić information content (AvgIpc) is 3.23. The Hall–Kier alpha value is -3.13. The number of carbonyl (C=O) groups is 1. The monoisotopic (exact) mass is 539 g/mol. The third-order valence-electron chi connectivity index (χ3n) is 5.34. The van der Waals surface area contributed by atoms with Gasteiger partial charge in [0, 0.05) is 23.2 Å². The summed E-state index contributed by atoms with van der Waals surface area (Å²) in [6, 6.07) is 15.6. The zero-order valence-corrected chi connectivity index (χ0v) is 23.7. The van der Waals surface area contributed by atoms with E-state index in [1.807, 2.05) is 69.4 Å². The molecule has 37 heavy (non-hydrogen) atoms. The summed E-state index contributed by atoms with van der Waals surface area (Å²) in [5.41, 5.74) is 13.0. The molecule has 4 aromatic rings. The fourth-order valence-corrected chi connectivity index (χ4v) is 5.05. The van der Waals surface area contributed by atoms with Gasteiger partial charge in [-0.3, -0.25) is 4.79 Å². The number of thiazole rings is 1. The molecule has 0 aliphatic carbocycles. The van der Waals surface area contributed by atoms with Crippen LogP contribution < -0.4 is 11.1 Å². The van der Waals surface area contributed by atoms with E-state index in [1.54, 1.807) is 32.1 Å². The van der Waals surface area contributed by atoms with Gasteiger partial charge in [-0.2, -0.15) is 0 Å². The van der Waals surface area contributed by atoms with Gasteiger partial charge in [-0.25, -0.2) is 4.98 Å². The summed E-state index contributed by atoms with van der Waals surface area (Å²) in [4.78, 5) is 17.3. The van der Waals surface area contributed by atoms with Crippen molar-refractivity contribution < 1.29 is 14.6 Å². The molecule has 0 unspecified atom stereocenters. The molecule has 0 fully saturated rings. The molecule has 4 N–H and O–H groups in total. The van der Waals surface area contributed by atoms with E-state index in [9.17, 15) is 4.79 Å². The van der Waals surface area contributed by atoms with Crippen molar-refractivity contribution in [2.45, 2.75) is 46.6 Å². The topological polar surface area (TPSA) is 97.5 Å². The van der Waals surface area contributed by atoms with Gasteiger partial charge in [0.2, 0.25) is 0 Å². The predicted molar refractivity (Wildman–Crippen MR) is 157 cm³/mol. The second-order valence-corrected chi connectivity index (χ2v) is 11.1. The van der Waals surface area contributed by atoms with Gasteiger partial charge < -0.3 is 20.9 Å². The standard InChI is InChI=1S/C25H24ClN3O2S.C4H10O/c1-4-31-22(30)13-18-14(2)11-21-24(23(18)15-5-8-17(26)9-6-15)32-25(29-21)16-7-10-20(28-3)19(27)12-16;1-4(2,3)5/h5-12,28H,4,13,27H2,1-3H3;5H,1-3H3. The Kier molecular flexibility index (Phi) is 9.18. The molecular formula is C29H34ClN3O3S. The first kappa shape index (κ1) is 28.4.